The van der Waals surface area contributed by atoms with Crippen LogP contribution in [0, 0.1) is 19.8 Å². The van der Waals surface area contributed by atoms with Crippen molar-refractivity contribution in [1.29, 1.82) is 0 Å². The Labute approximate surface area is 128 Å². The number of anilines is 1. The van der Waals surface area contributed by atoms with Gasteiger partial charge < -0.3 is 10.3 Å². The quantitative estimate of drug-likeness (QED) is 0.887. The molecule has 0 saturated heterocycles. The topological polar surface area (TPSA) is 43.8 Å². The van der Waals surface area contributed by atoms with Crippen LogP contribution in [-0.2, 0) is 13.0 Å². The highest BCUT2D eigenvalue weighted by Crippen LogP contribution is 2.32. The summed E-state index contributed by atoms with van der Waals surface area (Å²) >= 11 is 0. The molecule has 21 heavy (non-hydrogen) atoms. The van der Waals surface area contributed by atoms with Crippen molar-refractivity contribution in [2.45, 2.75) is 54.0 Å². The number of hydrogen-bond donors (Lipinski definition) is 1. The summed E-state index contributed by atoms with van der Waals surface area (Å²) in [6.45, 7) is 11.8. The lowest BCUT2D eigenvalue weighted by Crippen LogP contribution is -2.11. The van der Waals surface area contributed by atoms with Crippen molar-refractivity contribution in [2.24, 2.45) is 5.92 Å². The van der Waals surface area contributed by atoms with E-state index in [1.807, 2.05) is 0 Å². The summed E-state index contributed by atoms with van der Waals surface area (Å²) in [6.07, 6.45) is 2.06. The predicted octanol–water partition coefficient (Wildman–Crippen LogP) is 4.36. The van der Waals surface area contributed by atoms with Crippen LogP contribution in [0.15, 0.2) is 18.2 Å². The van der Waals surface area contributed by atoms with Crippen LogP contribution < -0.4 is 5.73 Å². The van der Waals surface area contributed by atoms with Gasteiger partial charge in [-0.3, -0.25) is 0 Å². The van der Waals surface area contributed by atoms with E-state index < -0.39 is 0 Å². The zero-order chi connectivity index (χ0) is 15.6. The van der Waals surface area contributed by atoms with Gasteiger partial charge >= 0.3 is 0 Å². The first kappa shape index (κ1) is 15.6. The van der Waals surface area contributed by atoms with E-state index in [4.69, 9.17) is 10.7 Å². The third-order valence-electron chi connectivity index (χ3n) is 3.83. The van der Waals surface area contributed by atoms with E-state index in [9.17, 15) is 0 Å². The van der Waals surface area contributed by atoms with Crippen molar-refractivity contribution in [1.82, 2.24) is 9.55 Å². The molecule has 2 N–H and O–H groups in total. The second-order valence-electron chi connectivity index (χ2n) is 6.28. The maximum atomic E-state index is 6.45. The summed E-state index contributed by atoms with van der Waals surface area (Å²) in [5.74, 6) is 2.48. The number of benzene rings is 1. The summed E-state index contributed by atoms with van der Waals surface area (Å²) in [5, 5.41) is 0. The molecule has 0 atom stereocenters. The van der Waals surface area contributed by atoms with Gasteiger partial charge in [-0.15, -0.1) is 0 Å². The van der Waals surface area contributed by atoms with Crippen LogP contribution in [0.4, 0.5) is 5.82 Å². The Morgan fingerprint density at radius 1 is 1.19 bits per heavy atom. The van der Waals surface area contributed by atoms with Gasteiger partial charge in [0.05, 0.1) is 0 Å². The standard InChI is InChI=1S/C18H27N3/c1-6-8-15-20-17(18(19)21(15)11-12(2)3)16-13(4)9-7-10-14(16)5/h7,9-10,12H,6,8,11,19H2,1-5H3. The zero-order valence-corrected chi connectivity index (χ0v) is 13.9. The van der Waals surface area contributed by atoms with Crippen LogP contribution in [0.3, 0.4) is 0 Å². The van der Waals surface area contributed by atoms with Gasteiger partial charge in [-0.1, -0.05) is 39.0 Å². The summed E-state index contributed by atoms with van der Waals surface area (Å²) in [5.41, 5.74) is 11.1. The first-order valence-electron chi connectivity index (χ1n) is 7.87. The molecule has 0 amide bonds. The van der Waals surface area contributed by atoms with Crippen LogP contribution >= 0.6 is 0 Å². The smallest absolute Gasteiger partial charge is 0.131 e. The summed E-state index contributed by atoms with van der Waals surface area (Å²) < 4.78 is 2.20. The largest absolute Gasteiger partial charge is 0.383 e. The van der Waals surface area contributed by atoms with Crippen LogP contribution in [0.25, 0.3) is 11.3 Å². The van der Waals surface area contributed by atoms with Gasteiger partial charge in [-0.2, -0.15) is 0 Å². The first-order chi connectivity index (χ1) is 9.95. The molecule has 1 aromatic heterocycles. The fourth-order valence-electron chi connectivity index (χ4n) is 2.87. The molecule has 3 nitrogen and oxygen atoms in total. The molecule has 1 heterocycles. The molecule has 0 aliphatic heterocycles. The molecule has 0 unspecified atom stereocenters. The minimum atomic E-state index is 0.558. The molecule has 0 aliphatic rings. The highest BCUT2D eigenvalue weighted by molar-refractivity contribution is 5.76. The van der Waals surface area contributed by atoms with Crippen molar-refractivity contribution in [3.63, 3.8) is 0 Å². The average Bonchev–Trinajstić information content (AvgIpc) is 2.68. The summed E-state index contributed by atoms with van der Waals surface area (Å²) in [4.78, 5) is 4.88. The molecule has 1 aromatic carbocycles. The van der Waals surface area contributed by atoms with E-state index in [0.717, 1.165) is 36.7 Å². The minimum Gasteiger partial charge on any atom is -0.383 e. The highest BCUT2D eigenvalue weighted by atomic mass is 15.1. The number of imidazole rings is 1. The van der Waals surface area contributed by atoms with Gasteiger partial charge in [-0.05, 0) is 37.3 Å². The average molecular weight is 285 g/mol. The zero-order valence-electron chi connectivity index (χ0n) is 13.9. The normalized spacial score (nSPS) is 11.3. The molecule has 2 aromatic rings. The van der Waals surface area contributed by atoms with E-state index in [0.29, 0.717) is 5.92 Å². The Bertz CT molecular complexity index is 603. The van der Waals surface area contributed by atoms with Gasteiger partial charge in [-0.25, -0.2) is 4.98 Å². The third kappa shape index (κ3) is 3.12. The Balaban J connectivity index is 2.59. The van der Waals surface area contributed by atoms with Crippen LogP contribution in [0.2, 0.25) is 0 Å². The maximum absolute atomic E-state index is 6.45. The monoisotopic (exact) mass is 285 g/mol. The number of aryl methyl sites for hydroxylation is 3. The molecule has 114 valence electrons. The number of nitrogens with zero attached hydrogens (tertiary/aromatic N) is 2. The van der Waals surface area contributed by atoms with E-state index in [-0.39, 0.29) is 0 Å². The Hall–Kier alpha value is -1.77. The van der Waals surface area contributed by atoms with Crippen molar-refractivity contribution < 1.29 is 0 Å². The summed E-state index contributed by atoms with van der Waals surface area (Å²) in [6, 6.07) is 6.34. The number of nitrogens with two attached hydrogens (primary N) is 1. The van der Waals surface area contributed by atoms with E-state index in [1.54, 1.807) is 0 Å². The van der Waals surface area contributed by atoms with Crippen LogP contribution in [0.5, 0.6) is 0 Å². The van der Waals surface area contributed by atoms with Crippen LogP contribution in [0.1, 0.15) is 44.1 Å². The lowest BCUT2D eigenvalue weighted by Gasteiger charge is -2.12. The molecule has 0 saturated carbocycles. The van der Waals surface area contributed by atoms with Crippen molar-refractivity contribution in [2.75, 3.05) is 5.73 Å². The number of nitrogen functional groups attached to an aromatic ring is 1. The number of rotatable bonds is 5. The second kappa shape index (κ2) is 6.33. The molecule has 3 heteroatoms. The van der Waals surface area contributed by atoms with Crippen molar-refractivity contribution >= 4 is 5.82 Å². The van der Waals surface area contributed by atoms with Gasteiger partial charge in [0.25, 0.3) is 0 Å². The number of aromatic nitrogens is 2. The molecule has 0 bridgehead atoms. The Morgan fingerprint density at radius 2 is 1.81 bits per heavy atom. The van der Waals surface area contributed by atoms with Gasteiger partial charge in [0, 0.05) is 18.5 Å². The second-order valence-corrected chi connectivity index (χ2v) is 6.28. The fourth-order valence-corrected chi connectivity index (χ4v) is 2.87. The third-order valence-corrected chi connectivity index (χ3v) is 3.83. The lowest BCUT2D eigenvalue weighted by atomic mass is 10.00. The van der Waals surface area contributed by atoms with Gasteiger partial charge in [0.1, 0.15) is 17.3 Å². The SMILES string of the molecule is CCCc1nc(-c2c(C)cccc2C)c(N)n1CC(C)C. The summed E-state index contributed by atoms with van der Waals surface area (Å²) in [7, 11) is 0. The molecule has 0 aliphatic carbocycles. The molecule has 0 fully saturated rings. The maximum Gasteiger partial charge on any atom is 0.131 e. The van der Waals surface area contributed by atoms with E-state index in [1.165, 1.54) is 16.7 Å². The molecular weight excluding hydrogens is 258 g/mol. The van der Waals surface area contributed by atoms with Crippen molar-refractivity contribution in [3.8, 4) is 11.3 Å². The minimum absolute atomic E-state index is 0.558. The Morgan fingerprint density at radius 3 is 2.33 bits per heavy atom. The Kier molecular flexibility index (Phi) is 4.71. The van der Waals surface area contributed by atoms with Crippen LogP contribution in [-0.4, -0.2) is 9.55 Å². The number of hydrogen-bond acceptors (Lipinski definition) is 2. The van der Waals surface area contributed by atoms with E-state index >= 15 is 0 Å². The molecular formula is C18H27N3. The highest BCUT2D eigenvalue weighted by Gasteiger charge is 2.18. The molecule has 2 rings (SSSR count). The van der Waals surface area contributed by atoms with Crippen molar-refractivity contribution in [3.05, 3.63) is 35.2 Å². The lowest BCUT2D eigenvalue weighted by molar-refractivity contribution is 0.510. The van der Waals surface area contributed by atoms with Gasteiger partial charge in [0.15, 0.2) is 0 Å². The first-order valence-corrected chi connectivity index (χ1v) is 7.87. The fraction of sp³-hybridized carbons (Fsp3) is 0.500. The van der Waals surface area contributed by atoms with Gasteiger partial charge in [0.2, 0.25) is 0 Å². The molecule has 0 spiro atoms. The van der Waals surface area contributed by atoms with E-state index in [2.05, 4.69) is 57.4 Å². The predicted molar refractivity (Wildman–Crippen MR) is 90.4 cm³/mol. The molecule has 0 radical (unpaired) electrons.